The predicted molar refractivity (Wildman–Crippen MR) is 115 cm³/mol. The summed E-state index contributed by atoms with van der Waals surface area (Å²) in [7, 11) is 0. The average Bonchev–Trinajstić information content (AvgIpc) is 3.23. The summed E-state index contributed by atoms with van der Waals surface area (Å²) >= 11 is 2.44. The average molecular weight is 431 g/mol. The van der Waals surface area contributed by atoms with E-state index >= 15 is 0 Å². The third-order valence-corrected chi connectivity index (χ3v) is 5.95. The number of hydrogen-bond acceptors (Lipinski definition) is 7. The molecule has 9 heteroatoms. The summed E-state index contributed by atoms with van der Waals surface area (Å²) in [6.07, 6.45) is 0.741. The van der Waals surface area contributed by atoms with E-state index < -0.39 is 5.97 Å². The van der Waals surface area contributed by atoms with Crippen LogP contribution < -0.4 is 5.32 Å². The lowest BCUT2D eigenvalue weighted by atomic mass is 10.1. The van der Waals surface area contributed by atoms with Gasteiger partial charge in [-0.2, -0.15) is 0 Å². The molecule has 1 aromatic carbocycles. The molecule has 7 nitrogen and oxygen atoms in total. The van der Waals surface area contributed by atoms with Gasteiger partial charge in [0, 0.05) is 12.1 Å². The van der Waals surface area contributed by atoms with Crippen molar-refractivity contribution in [2.24, 2.45) is 0 Å². The molecule has 0 bridgehead atoms. The van der Waals surface area contributed by atoms with Crippen LogP contribution in [0.3, 0.4) is 0 Å². The molecule has 29 heavy (non-hydrogen) atoms. The number of anilines is 1. The van der Waals surface area contributed by atoms with Crippen molar-refractivity contribution in [2.45, 2.75) is 32.3 Å². The van der Waals surface area contributed by atoms with Gasteiger partial charge in [-0.3, -0.25) is 4.79 Å². The number of aryl methyl sites for hydroxylation is 2. The number of rotatable bonds is 8. The molecule has 0 saturated heterocycles. The molecule has 1 amide bonds. The molecular formula is C20H22N4O3S2. The van der Waals surface area contributed by atoms with Gasteiger partial charge in [0.25, 0.3) is 0 Å². The number of thioether (sulfide) groups is 1. The molecule has 2 N–H and O–H groups in total. The van der Waals surface area contributed by atoms with Gasteiger partial charge < -0.3 is 15.0 Å². The minimum absolute atomic E-state index is 0.186. The zero-order chi connectivity index (χ0) is 20.8. The van der Waals surface area contributed by atoms with Gasteiger partial charge in [0.05, 0.1) is 23.7 Å². The highest BCUT2D eigenvalue weighted by Gasteiger charge is 2.18. The highest BCUT2D eigenvalue weighted by atomic mass is 32.2. The van der Waals surface area contributed by atoms with Crippen LogP contribution in [0.5, 0.6) is 0 Å². The fraction of sp³-hybridized carbons (Fsp3) is 0.300. The van der Waals surface area contributed by atoms with Crippen LogP contribution in [0, 0.1) is 13.8 Å². The molecule has 2 heterocycles. The third-order valence-electron chi connectivity index (χ3n) is 4.02. The molecule has 0 radical (unpaired) electrons. The molecular weight excluding hydrogens is 408 g/mol. The molecule has 3 aromatic rings. The van der Waals surface area contributed by atoms with Crippen molar-refractivity contribution in [2.75, 3.05) is 17.7 Å². The number of thiazole rings is 1. The van der Waals surface area contributed by atoms with E-state index in [1.807, 2.05) is 25.1 Å². The second-order valence-electron chi connectivity index (χ2n) is 6.27. The fourth-order valence-electron chi connectivity index (χ4n) is 2.62. The Kier molecular flexibility index (Phi) is 7.05. The third kappa shape index (κ3) is 5.68. The zero-order valence-corrected chi connectivity index (χ0v) is 18.1. The minimum Gasteiger partial charge on any atom is -0.462 e. The molecule has 2 aromatic heterocycles. The Hall–Kier alpha value is -2.65. The predicted octanol–water partition coefficient (Wildman–Crippen LogP) is 3.98. The van der Waals surface area contributed by atoms with Crippen LogP contribution in [-0.4, -0.2) is 39.2 Å². The van der Waals surface area contributed by atoms with Crippen molar-refractivity contribution in [3.8, 4) is 0 Å². The number of carbonyl (C=O) groups is 2. The van der Waals surface area contributed by atoms with Crippen LogP contribution in [0.1, 0.15) is 39.2 Å². The summed E-state index contributed by atoms with van der Waals surface area (Å²) in [4.78, 5) is 36.6. The summed E-state index contributed by atoms with van der Waals surface area (Å²) in [5, 5.41) is 3.82. The van der Waals surface area contributed by atoms with Crippen LogP contribution in [0.4, 0.5) is 5.13 Å². The number of H-pyrrole nitrogens is 1. The molecule has 0 atom stereocenters. The number of esters is 1. The van der Waals surface area contributed by atoms with Crippen molar-refractivity contribution >= 4 is 40.1 Å². The number of aromatic nitrogens is 3. The topological polar surface area (TPSA) is 97.0 Å². The Morgan fingerprint density at radius 2 is 1.97 bits per heavy atom. The summed E-state index contributed by atoms with van der Waals surface area (Å²) < 4.78 is 4.99. The van der Waals surface area contributed by atoms with E-state index in [-0.39, 0.29) is 11.7 Å². The van der Waals surface area contributed by atoms with Gasteiger partial charge in [-0.05, 0) is 26.3 Å². The minimum atomic E-state index is -0.422. The molecule has 0 aliphatic rings. The van der Waals surface area contributed by atoms with Crippen LogP contribution in [-0.2, 0) is 16.0 Å². The van der Waals surface area contributed by atoms with Gasteiger partial charge in [0.15, 0.2) is 10.3 Å². The molecule has 0 aliphatic carbocycles. The lowest BCUT2D eigenvalue weighted by Gasteiger charge is -2.00. The van der Waals surface area contributed by atoms with E-state index in [1.54, 1.807) is 13.8 Å². The number of hydrogen-bond donors (Lipinski definition) is 2. The van der Waals surface area contributed by atoms with Gasteiger partial charge in [-0.15, -0.1) is 0 Å². The number of nitrogens with one attached hydrogen (secondary N) is 2. The van der Waals surface area contributed by atoms with Gasteiger partial charge >= 0.3 is 5.97 Å². The second kappa shape index (κ2) is 9.71. The largest absolute Gasteiger partial charge is 0.462 e. The van der Waals surface area contributed by atoms with E-state index in [0.29, 0.717) is 27.5 Å². The Morgan fingerprint density at radius 1 is 1.21 bits per heavy atom. The number of amides is 1. The SMILES string of the molecule is CCOC(=O)c1sc(NC(=O)CSc2nc(Cc3ccccc3)c(C)[nH]2)nc1C. The molecule has 0 unspecified atom stereocenters. The van der Waals surface area contributed by atoms with E-state index in [2.05, 4.69) is 32.4 Å². The molecule has 0 saturated carbocycles. The van der Waals surface area contributed by atoms with Crippen molar-refractivity contribution in [3.05, 3.63) is 57.9 Å². The first kappa shape index (κ1) is 21.1. The Balaban J connectivity index is 1.55. The number of nitrogens with zero attached hydrogens (tertiary/aromatic N) is 2. The number of aromatic amines is 1. The molecule has 0 spiro atoms. The standard InChI is InChI=1S/C20H22N4O3S2/c1-4-27-18(26)17-13(3)22-20(29-17)24-16(25)11-28-19-21-12(2)15(23-19)10-14-8-6-5-7-9-14/h5-9H,4,10-11H2,1-3H3,(H,21,23)(H,22,24,25). The second-order valence-corrected chi connectivity index (χ2v) is 8.23. The molecule has 3 rings (SSSR count). The lowest BCUT2D eigenvalue weighted by Crippen LogP contribution is -2.13. The van der Waals surface area contributed by atoms with Gasteiger partial charge in [-0.25, -0.2) is 14.8 Å². The molecule has 0 aliphatic heterocycles. The van der Waals surface area contributed by atoms with Crippen LogP contribution >= 0.6 is 23.1 Å². The van der Waals surface area contributed by atoms with Crippen LogP contribution in [0.2, 0.25) is 0 Å². The first-order valence-electron chi connectivity index (χ1n) is 9.12. The smallest absolute Gasteiger partial charge is 0.350 e. The molecule has 152 valence electrons. The van der Waals surface area contributed by atoms with Crippen molar-refractivity contribution < 1.29 is 14.3 Å². The molecule has 0 fully saturated rings. The van der Waals surface area contributed by atoms with E-state index in [1.165, 1.54) is 17.3 Å². The number of ether oxygens (including phenoxy) is 1. The first-order valence-corrected chi connectivity index (χ1v) is 10.9. The van der Waals surface area contributed by atoms with Gasteiger partial charge in [0.1, 0.15) is 4.88 Å². The Labute approximate surface area is 177 Å². The van der Waals surface area contributed by atoms with Crippen LogP contribution in [0.15, 0.2) is 35.5 Å². The van der Waals surface area contributed by atoms with E-state index in [0.717, 1.165) is 29.1 Å². The summed E-state index contributed by atoms with van der Waals surface area (Å²) in [6, 6.07) is 10.1. The van der Waals surface area contributed by atoms with E-state index in [4.69, 9.17) is 4.74 Å². The lowest BCUT2D eigenvalue weighted by molar-refractivity contribution is -0.113. The first-order chi connectivity index (χ1) is 14.0. The fourth-order valence-corrected chi connectivity index (χ4v) is 4.24. The zero-order valence-electron chi connectivity index (χ0n) is 16.4. The van der Waals surface area contributed by atoms with Gasteiger partial charge in [-0.1, -0.05) is 53.4 Å². The summed E-state index contributed by atoms with van der Waals surface area (Å²) in [5.41, 5.74) is 3.69. The quantitative estimate of drug-likeness (QED) is 0.414. The Bertz CT molecular complexity index is 999. The number of carbonyl (C=O) groups excluding carboxylic acids is 2. The highest BCUT2D eigenvalue weighted by molar-refractivity contribution is 7.99. The van der Waals surface area contributed by atoms with Crippen molar-refractivity contribution in [1.29, 1.82) is 0 Å². The maximum Gasteiger partial charge on any atom is 0.350 e. The van der Waals surface area contributed by atoms with Gasteiger partial charge in [0.2, 0.25) is 5.91 Å². The summed E-state index contributed by atoms with van der Waals surface area (Å²) in [6.45, 7) is 5.73. The van der Waals surface area contributed by atoms with Crippen LogP contribution in [0.25, 0.3) is 0 Å². The maximum atomic E-state index is 12.3. The number of imidazole rings is 1. The monoisotopic (exact) mass is 430 g/mol. The van der Waals surface area contributed by atoms with Crippen molar-refractivity contribution in [1.82, 2.24) is 15.0 Å². The Morgan fingerprint density at radius 3 is 2.69 bits per heavy atom. The normalized spacial score (nSPS) is 10.7. The maximum absolute atomic E-state index is 12.3. The van der Waals surface area contributed by atoms with Crippen molar-refractivity contribution in [3.63, 3.8) is 0 Å². The number of benzene rings is 1. The van der Waals surface area contributed by atoms with E-state index in [9.17, 15) is 9.59 Å². The highest BCUT2D eigenvalue weighted by Crippen LogP contribution is 2.24. The summed E-state index contributed by atoms with van der Waals surface area (Å²) in [5.74, 6) is -0.447.